The first-order valence-corrected chi connectivity index (χ1v) is 10.6. The molecule has 5 rings (SSSR count). The van der Waals surface area contributed by atoms with E-state index in [0.717, 1.165) is 72.0 Å². The minimum atomic E-state index is 0.806. The van der Waals surface area contributed by atoms with Gasteiger partial charge in [-0.2, -0.15) is 0 Å². The lowest BCUT2D eigenvalue weighted by Crippen LogP contribution is -2.30. The predicted octanol–water partition coefficient (Wildman–Crippen LogP) is 3.97. The molecule has 3 aromatic heterocycles. The number of pyridine rings is 2. The van der Waals surface area contributed by atoms with Crippen LogP contribution >= 0.6 is 0 Å². The van der Waals surface area contributed by atoms with Crippen molar-refractivity contribution >= 4 is 28.2 Å². The van der Waals surface area contributed by atoms with Crippen molar-refractivity contribution in [3.63, 3.8) is 0 Å². The summed E-state index contributed by atoms with van der Waals surface area (Å²) >= 11 is 0. The van der Waals surface area contributed by atoms with Gasteiger partial charge >= 0.3 is 0 Å². The number of hydrogen-bond acceptors (Lipinski definition) is 7. The van der Waals surface area contributed by atoms with Gasteiger partial charge in [0.2, 0.25) is 5.95 Å². The van der Waals surface area contributed by atoms with Gasteiger partial charge in [-0.05, 0) is 49.8 Å². The molecule has 0 saturated carbocycles. The number of benzene rings is 1. The van der Waals surface area contributed by atoms with Crippen molar-refractivity contribution in [2.75, 3.05) is 43.4 Å². The lowest BCUT2D eigenvalue weighted by molar-refractivity contribution is 0.360. The van der Waals surface area contributed by atoms with E-state index in [1.54, 1.807) is 6.20 Å². The van der Waals surface area contributed by atoms with Crippen LogP contribution in [0.3, 0.4) is 0 Å². The van der Waals surface area contributed by atoms with Gasteiger partial charge in [-0.3, -0.25) is 9.97 Å². The van der Waals surface area contributed by atoms with Crippen LogP contribution in [-0.2, 0) is 0 Å². The molecule has 0 radical (unpaired) electrons. The number of nitrogens with one attached hydrogen (secondary N) is 1. The molecule has 1 N–H and O–H groups in total. The summed E-state index contributed by atoms with van der Waals surface area (Å²) in [7, 11) is 2.17. The van der Waals surface area contributed by atoms with Crippen molar-refractivity contribution in [1.82, 2.24) is 24.8 Å². The fourth-order valence-corrected chi connectivity index (χ4v) is 3.91. The zero-order chi connectivity index (χ0) is 21.0. The summed E-state index contributed by atoms with van der Waals surface area (Å²) < 4.78 is 0. The molecule has 0 spiro atoms. The van der Waals surface area contributed by atoms with E-state index < -0.39 is 0 Å². The van der Waals surface area contributed by atoms with Crippen LogP contribution < -0.4 is 10.2 Å². The highest BCUT2D eigenvalue weighted by atomic mass is 15.3. The molecule has 7 heteroatoms. The first-order valence-electron chi connectivity index (χ1n) is 10.6. The minimum absolute atomic E-state index is 0.806. The number of hydrogen-bond donors (Lipinski definition) is 1. The fraction of sp³-hybridized carbons (Fsp3) is 0.250. The van der Waals surface area contributed by atoms with Gasteiger partial charge in [-0.25, -0.2) is 9.97 Å². The van der Waals surface area contributed by atoms with Gasteiger partial charge in [0.25, 0.3) is 0 Å². The van der Waals surface area contributed by atoms with Crippen LogP contribution in [0.5, 0.6) is 0 Å². The summed E-state index contributed by atoms with van der Waals surface area (Å²) in [5, 5.41) is 4.48. The molecule has 1 fully saturated rings. The Hall–Kier alpha value is -3.58. The molecule has 4 heterocycles. The zero-order valence-electron chi connectivity index (χ0n) is 17.6. The van der Waals surface area contributed by atoms with Crippen molar-refractivity contribution in [2.45, 2.75) is 6.42 Å². The molecule has 1 aromatic carbocycles. The maximum atomic E-state index is 4.66. The summed E-state index contributed by atoms with van der Waals surface area (Å²) in [6.45, 7) is 4.12. The smallest absolute Gasteiger partial charge is 0.225 e. The number of likely N-dealkylation sites (N-methyl/N-ethyl adjacent to an activating group) is 1. The second-order valence-electron chi connectivity index (χ2n) is 7.87. The Bertz CT molecular complexity index is 1160. The van der Waals surface area contributed by atoms with Crippen molar-refractivity contribution in [1.29, 1.82) is 0 Å². The highest BCUT2D eigenvalue weighted by Gasteiger charge is 2.15. The number of aromatic nitrogens is 4. The molecule has 0 amide bonds. The number of rotatable bonds is 4. The van der Waals surface area contributed by atoms with Crippen molar-refractivity contribution in [2.24, 2.45) is 0 Å². The Morgan fingerprint density at radius 3 is 2.58 bits per heavy atom. The average molecular weight is 412 g/mol. The van der Waals surface area contributed by atoms with E-state index >= 15 is 0 Å². The number of fused-ring (bicyclic) bond motifs is 1. The Morgan fingerprint density at radius 2 is 1.74 bits per heavy atom. The van der Waals surface area contributed by atoms with E-state index in [4.69, 9.17) is 0 Å². The molecule has 31 heavy (non-hydrogen) atoms. The molecule has 4 aromatic rings. The average Bonchev–Trinajstić information content (AvgIpc) is 3.04. The second kappa shape index (κ2) is 8.65. The topological polar surface area (TPSA) is 70.1 Å². The van der Waals surface area contributed by atoms with E-state index in [9.17, 15) is 0 Å². The molecule has 0 bridgehead atoms. The predicted molar refractivity (Wildman–Crippen MR) is 125 cm³/mol. The van der Waals surface area contributed by atoms with Crippen LogP contribution in [0.1, 0.15) is 6.42 Å². The van der Waals surface area contributed by atoms with Crippen LogP contribution in [-0.4, -0.2) is 58.1 Å². The summed E-state index contributed by atoms with van der Waals surface area (Å²) in [5.74, 6) is 0.806. The Morgan fingerprint density at radius 1 is 0.839 bits per heavy atom. The molecular weight excluding hydrogens is 386 g/mol. The van der Waals surface area contributed by atoms with Crippen LogP contribution in [0.2, 0.25) is 0 Å². The van der Waals surface area contributed by atoms with Gasteiger partial charge in [0.15, 0.2) is 0 Å². The fourth-order valence-electron chi connectivity index (χ4n) is 3.91. The quantitative estimate of drug-likeness (QED) is 0.545. The van der Waals surface area contributed by atoms with Crippen LogP contribution in [0.15, 0.2) is 67.4 Å². The molecule has 1 aliphatic rings. The Labute approximate surface area is 181 Å². The van der Waals surface area contributed by atoms with Gasteiger partial charge < -0.3 is 15.1 Å². The summed E-state index contributed by atoms with van der Waals surface area (Å²) in [6, 6.07) is 12.2. The standard InChI is InChI=1S/C24H25N7/c1-30-10-3-11-31(13-12-30)24-27-15-19(16-28-24)18-5-6-21-22(7-9-26-23(21)14-18)29-20-4-2-8-25-17-20/h2,4-9,14-17H,3,10-13H2,1H3,(H,26,29). The number of anilines is 3. The third-order valence-corrected chi connectivity index (χ3v) is 5.66. The molecule has 1 aliphatic heterocycles. The first-order chi connectivity index (χ1) is 15.3. The zero-order valence-corrected chi connectivity index (χ0v) is 17.6. The largest absolute Gasteiger partial charge is 0.354 e. The normalized spacial score (nSPS) is 15.1. The summed E-state index contributed by atoms with van der Waals surface area (Å²) in [6.07, 6.45) is 10.3. The molecule has 1 saturated heterocycles. The van der Waals surface area contributed by atoms with Crippen molar-refractivity contribution in [3.05, 3.63) is 67.4 Å². The van der Waals surface area contributed by atoms with Gasteiger partial charge in [0.1, 0.15) is 0 Å². The second-order valence-corrected chi connectivity index (χ2v) is 7.87. The highest BCUT2D eigenvalue weighted by Crippen LogP contribution is 2.29. The number of nitrogens with zero attached hydrogens (tertiary/aromatic N) is 6. The van der Waals surface area contributed by atoms with Crippen molar-refractivity contribution in [3.8, 4) is 11.1 Å². The minimum Gasteiger partial charge on any atom is -0.354 e. The van der Waals surface area contributed by atoms with Gasteiger partial charge in [0, 0.05) is 61.1 Å². The van der Waals surface area contributed by atoms with E-state index in [1.807, 2.05) is 43.0 Å². The SMILES string of the molecule is CN1CCCN(c2ncc(-c3ccc4c(Nc5cccnc5)ccnc4c3)cn2)CC1. The van der Waals surface area contributed by atoms with Gasteiger partial charge in [0.05, 0.1) is 17.4 Å². The van der Waals surface area contributed by atoms with E-state index in [-0.39, 0.29) is 0 Å². The maximum Gasteiger partial charge on any atom is 0.225 e. The monoisotopic (exact) mass is 411 g/mol. The lowest BCUT2D eigenvalue weighted by Gasteiger charge is -2.20. The summed E-state index contributed by atoms with van der Waals surface area (Å²) in [4.78, 5) is 22.7. The van der Waals surface area contributed by atoms with Crippen LogP contribution in [0.25, 0.3) is 22.0 Å². The van der Waals surface area contributed by atoms with Gasteiger partial charge in [-0.15, -0.1) is 0 Å². The first kappa shape index (κ1) is 19.4. The molecule has 156 valence electrons. The third kappa shape index (κ3) is 4.32. The maximum absolute atomic E-state index is 4.66. The van der Waals surface area contributed by atoms with E-state index in [0.29, 0.717) is 0 Å². The van der Waals surface area contributed by atoms with E-state index in [1.165, 1.54) is 0 Å². The molecule has 0 atom stereocenters. The molecule has 0 aliphatic carbocycles. The van der Waals surface area contributed by atoms with Crippen LogP contribution in [0, 0.1) is 0 Å². The summed E-state index contributed by atoms with van der Waals surface area (Å²) in [5.41, 5.74) is 4.92. The highest BCUT2D eigenvalue weighted by molar-refractivity contribution is 5.95. The van der Waals surface area contributed by atoms with E-state index in [2.05, 4.69) is 60.3 Å². The Kier molecular flexibility index (Phi) is 5.41. The Balaban J connectivity index is 1.39. The molecule has 0 unspecified atom stereocenters. The van der Waals surface area contributed by atoms with Crippen LogP contribution in [0.4, 0.5) is 17.3 Å². The van der Waals surface area contributed by atoms with Gasteiger partial charge in [-0.1, -0.05) is 12.1 Å². The van der Waals surface area contributed by atoms with Crippen molar-refractivity contribution < 1.29 is 0 Å². The molecular formula is C24H25N7. The molecule has 7 nitrogen and oxygen atoms in total. The lowest BCUT2D eigenvalue weighted by atomic mass is 10.1. The third-order valence-electron chi connectivity index (χ3n) is 5.66.